The molecule has 0 fully saturated rings. The van der Waals surface area contributed by atoms with Crippen LogP contribution < -0.4 is 5.73 Å². The van der Waals surface area contributed by atoms with Gasteiger partial charge in [0, 0.05) is 5.56 Å². The lowest BCUT2D eigenvalue weighted by Gasteiger charge is -2.01. The topological polar surface area (TPSA) is 82.0 Å². The molecule has 0 aliphatic heterocycles. The van der Waals surface area contributed by atoms with Gasteiger partial charge in [-0.25, -0.2) is 0 Å². The molecule has 0 atom stereocenters. The molecule has 0 radical (unpaired) electrons. The van der Waals surface area contributed by atoms with Gasteiger partial charge < -0.3 is 15.8 Å². The highest BCUT2D eigenvalue weighted by Gasteiger charge is 2.13. The van der Waals surface area contributed by atoms with Crippen LogP contribution in [0.2, 0.25) is 0 Å². The van der Waals surface area contributed by atoms with E-state index in [1.54, 1.807) is 6.07 Å². The number of nitrogens with two attached hydrogens (primary N) is 1. The molecule has 0 saturated heterocycles. The van der Waals surface area contributed by atoms with E-state index in [1.165, 1.54) is 6.20 Å². The minimum atomic E-state index is -0.593. The first-order valence-corrected chi connectivity index (χ1v) is 4.64. The van der Waals surface area contributed by atoms with Crippen molar-refractivity contribution in [3.63, 3.8) is 0 Å². The fraction of sp³-hybridized carbons (Fsp3) is 0. The third-order valence-electron chi connectivity index (χ3n) is 2.18. The Kier molecular flexibility index (Phi) is 2.51. The number of nitrogen functional groups attached to an aromatic ring is 1. The number of rotatable bonds is 2. The van der Waals surface area contributed by atoms with E-state index >= 15 is 0 Å². The lowest BCUT2D eigenvalue weighted by atomic mass is 10.1. The minimum Gasteiger partial charge on any atom is -0.392 e. The molecule has 1 aromatic heterocycles. The lowest BCUT2D eigenvalue weighted by Crippen LogP contribution is -1.98. The molecule has 0 spiro atoms. The summed E-state index contributed by atoms with van der Waals surface area (Å²) < 4.78 is 0. The third kappa shape index (κ3) is 1.83. The molecule has 0 bridgehead atoms. The Morgan fingerprint density at radius 1 is 1.19 bits per heavy atom. The average Bonchev–Trinajstić information content (AvgIpc) is 2.29. The van der Waals surface area contributed by atoms with Gasteiger partial charge in [0.25, 0.3) is 0 Å². The van der Waals surface area contributed by atoms with Crippen LogP contribution in [0, 0.1) is 10.1 Å². The molecule has 0 unspecified atom stereocenters. The summed E-state index contributed by atoms with van der Waals surface area (Å²) in [7, 11) is 0. The van der Waals surface area contributed by atoms with Crippen molar-refractivity contribution >= 4 is 11.5 Å². The van der Waals surface area contributed by atoms with Crippen LogP contribution in [0.1, 0.15) is 0 Å². The second-order valence-corrected chi connectivity index (χ2v) is 3.26. The van der Waals surface area contributed by atoms with Crippen molar-refractivity contribution in [1.29, 1.82) is 0 Å². The van der Waals surface area contributed by atoms with Gasteiger partial charge >= 0.3 is 5.82 Å². The van der Waals surface area contributed by atoms with Gasteiger partial charge in [0.2, 0.25) is 0 Å². The molecule has 0 aliphatic rings. The molecule has 80 valence electrons. The van der Waals surface area contributed by atoms with Crippen molar-refractivity contribution in [2.75, 3.05) is 5.73 Å². The van der Waals surface area contributed by atoms with Gasteiger partial charge in [0.15, 0.2) is 0 Å². The number of anilines is 1. The van der Waals surface area contributed by atoms with E-state index in [1.807, 2.05) is 30.3 Å². The zero-order valence-corrected chi connectivity index (χ0v) is 8.33. The van der Waals surface area contributed by atoms with Crippen molar-refractivity contribution in [2.24, 2.45) is 0 Å². The number of benzene rings is 1. The van der Waals surface area contributed by atoms with Crippen LogP contribution in [0.25, 0.3) is 11.1 Å². The molecule has 5 heteroatoms. The summed E-state index contributed by atoms with van der Waals surface area (Å²) in [5.41, 5.74) is 7.33. The Hall–Kier alpha value is -2.43. The maximum Gasteiger partial charge on any atom is 0.386 e. The van der Waals surface area contributed by atoms with E-state index in [4.69, 9.17) is 5.73 Å². The Labute approximate surface area is 91.7 Å². The van der Waals surface area contributed by atoms with Crippen LogP contribution in [-0.2, 0) is 0 Å². The summed E-state index contributed by atoms with van der Waals surface area (Å²) in [5, 5.41) is 10.5. The average molecular weight is 215 g/mol. The van der Waals surface area contributed by atoms with Crippen molar-refractivity contribution in [1.82, 2.24) is 4.98 Å². The molecule has 5 nitrogen and oxygen atoms in total. The number of hydrogen-bond donors (Lipinski definition) is 1. The first-order chi connectivity index (χ1) is 7.68. The highest BCUT2D eigenvalue weighted by molar-refractivity contribution is 5.69. The molecule has 0 amide bonds. The van der Waals surface area contributed by atoms with E-state index < -0.39 is 4.92 Å². The number of nitro groups is 1. The lowest BCUT2D eigenvalue weighted by molar-refractivity contribution is -0.388. The standard InChI is InChI=1S/C11H9N3O2/c12-10-6-9(7-13-11(10)14(15)16)8-4-2-1-3-5-8/h1-7H,12H2. The third-order valence-corrected chi connectivity index (χ3v) is 2.18. The van der Waals surface area contributed by atoms with Crippen LogP contribution in [0.3, 0.4) is 0 Å². The summed E-state index contributed by atoms with van der Waals surface area (Å²) in [4.78, 5) is 13.7. The van der Waals surface area contributed by atoms with E-state index in [2.05, 4.69) is 4.98 Å². The monoisotopic (exact) mass is 215 g/mol. The summed E-state index contributed by atoms with van der Waals surface area (Å²) >= 11 is 0. The molecule has 1 heterocycles. The Morgan fingerprint density at radius 2 is 1.88 bits per heavy atom. The zero-order valence-electron chi connectivity index (χ0n) is 8.33. The van der Waals surface area contributed by atoms with Crippen molar-refractivity contribution in [2.45, 2.75) is 0 Å². The fourth-order valence-corrected chi connectivity index (χ4v) is 1.42. The van der Waals surface area contributed by atoms with Gasteiger partial charge in [-0.05, 0) is 21.5 Å². The van der Waals surface area contributed by atoms with Gasteiger partial charge in [-0.1, -0.05) is 30.3 Å². The number of pyridine rings is 1. The maximum absolute atomic E-state index is 10.5. The number of hydrogen-bond acceptors (Lipinski definition) is 4. The molecule has 16 heavy (non-hydrogen) atoms. The summed E-state index contributed by atoms with van der Waals surface area (Å²) in [6.07, 6.45) is 1.45. The Morgan fingerprint density at radius 3 is 2.44 bits per heavy atom. The van der Waals surface area contributed by atoms with Crippen molar-refractivity contribution < 1.29 is 4.92 Å². The molecule has 2 rings (SSSR count). The SMILES string of the molecule is Nc1cc(-c2ccccc2)cnc1[N+](=O)[O-]. The normalized spacial score (nSPS) is 10.0. The highest BCUT2D eigenvalue weighted by atomic mass is 16.6. The molecule has 1 aromatic carbocycles. The largest absolute Gasteiger partial charge is 0.392 e. The van der Waals surface area contributed by atoms with Crippen LogP contribution in [0.15, 0.2) is 42.6 Å². The summed E-state index contributed by atoms with van der Waals surface area (Å²) in [5.74, 6) is -0.306. The van der Waals surface area contributed by atoms with Gasteiger partial charge in [0.05, 0.1) is 0 Å². The number of aromatic nitrogens is 1. The van der Waals surface area contributed by atoms with Gasteiger partial charge in [-0.3, -0.25) is 0 Å². The van der Waals surface area contributed by atoms with E-state index in [0.717, 1.165) is 11.1 Å². The van der Waals surface area contributed by atoms with E-state index in [-0.39, 0.29) is 11.5 Å². The zero-order chi connectivity index (χ0) is 11.5. The molecule has 2 N–H and O–H groups in total. The van der Waals surface area contributed by atoms with Crippen LogP contribution in [0.5, 0.6) is 0 Å². The Balaban J connectivity index is 2.46. The van der Waals surface area contributed by atoms with Crippen molar-refractivity contribution in [3.8, 4) is 11.1 Å². The van der Waals surface area contributed by atoms with E-state index in [0.29, 0.717) is 0 Å². The first kappa shape index (κ1) is 10.1. The second kappa shape index (κ2) is 3.98. The fourth-order valence-electron chi connectivity index (χ4n) is 1.42. The number of nitrogens with zero attached hydrogens (tertiary/aromatic N) is 2. The Bertz CT molecular complexity index is 526. The smallest absolute Gasteiger partial charge is 0.386 e. The van der Waals surface area contributed by atoms with Crippen LogP contribution >= 0.6 is 0 Å². The molecule has 0 saturated carbocycles. The first-order valence-electron chi connectivity index (χ1n) is 4.64. The van der Waals surface area contributed by atoms with Crippen LogP contribution in [0.4, 0.5) is 11.5 Å². The second-order valence-electron chi connectivity index (χ2n) is 3.26. The quantitative estimate of drug-likeness (QED) is 0.615. The predicted molar refractivity (Wildman–Crippen MR) is 60.7 cm³/mol. The van der Waals surface area contributed by atoms with E-state index in [9.17, 15) is 10.1 Å². The van der Waals surface area contributed by atoms with Crippen molar-refractivity contribution in [3.05, 3.63) is 52.7 Å². The molecular weight excluding hydrogens is 206 g/mol. The molecule has 2 aromatic rings. The highest BCUT2D eigenvalue weighted by Crippen LogP contribution is 2.25. The van der Waals surface area contributed by atoms with Gasteiger partial charge in [0.1, 0.15) is 11.9 Å². The van der Waals surface area contributed by atoms with Gasteiger partial charge in [-0.2, -0.15) is 0 Å². The molecular formula is C11H9N3O2. The molecule has 0 aliphatic carbocycles. The minimum absolute atomic E-state index is 0.0753. The summed E-state index contributed by atoms with van der Waals surface area (Å²) in [6, 6.07) is 11.0. The van der Waals surface area contributed by atoms with Gasteiger partial charge in [-0.15, -0.1) is 0 Å². The maximum atomic E-state index is 10.5. The van der Waals surface area contributed by atoms with Crippen LogP contribution in [-0.4, -0.2) is 9.91 Å². The predicted octanol–water partition coefficient (Wildman–Crippen LogP) is 2.24. The summed E-state index contributed by atoms with van der Waals surface area (Å²) in [6.45, 7) is 0.